The number of nitrogens with one attached hydrogen (secondary N) is 1. The predicted octanol–water partition coefficient (Wildman–Crippen LogP) is 3.75. The number of aliphatic hydroxyl groups is 1. The summed E-state index contributed by atoms with van der Waals surface area (Å²) in [5.74, 6) is -0.242. The summed E-state index contributed by atoms with van der Waals surface area (Å²) in [6.07, 6.45) is 3.66. The Balaban J connectivity index is 1.62. The number of fused-ring (bicyclic) bond motifs is 1. The molecule has 2 N–H and O–H groups in total. The van der Waals surface area contributed by atoms with E-state index in [-0.39, 0.29) is 12.5 Å². The van der Waals surface area contributed by atoms with Crippen molar-refractivity contribution in [2.24, 2.45) is 0 Å². The number of para-hydroxylation sites is 1. The van der Waals surface area contributed by atoms with Gasteiger partial charge < -0.3 is 14.8 Å². The molecule has 0 fully saturated rings. The first-order valence-electron chi connectivity index (χ1n) is 8.28. The van der Waals surface area contributed by atoms with Crippen molar-refractivity contribution in [2.75, 3.05) is 5.32 Å². The highest BCUT2D eigenvalue weighted by molar-refractivity contribution is 6.03. The zero-order chi connectivity index (χ0) is 17.9. The van der Waals surface area contributed by atoms with Gasteiger partial charge >= 0.3 is 0 Å². The van der Waals surface area contributed by atoms with Crippen LogP contribution in [0.5, 0.6) is 0 Å². The summed E-state index contributed by atoms with van der Waals surface area (Å²) in [7, 11) is 0. The van der Waals surface area contributed by atoms with Crippen LogP contribution in [0.15, 0.2) is 79.1 Å². The van der Waals surface area contributed by atoms with Crippen molar-refractivity contribution < 1.29 is 9.90 Å². The third-order valence-electron chi connectivity index (χ3n) is 4.19. The summed E-state index contributed by atoms with van der Waals surface area (Å²) in [6.45, 7) is 0.0285. The monoisotopic (exact) mass is 343 g/mol. The van der Waals surface area contributed by atoms with Gasteiger partial charge in [0.1, 0.15) is 11.3 Å². The third kappa shape index (κ3) is 3.20. The van der Waals surface area contributed by atoms with Crippen LogP contribution < -0.4 is 5.32 Å². The quantitative estimate of drug-likeness (QED) is 0.593. The van der Waals surface area contributed by atoms with Crippen LogP contribution >= 0.6 is 0 Å². The number of nitrogens with zero attached hydrogens (tertiary/aromatic N) is 2. The first-order chi connectivity index (χ1) is 12.7. The van der Waals surface area contributed by atoms with Crippen LogP contribution in [0.3, 0.4) is 0 Å². The Morgan fingerprint density at radius 1 is 0.923 bits per heavy atom. The van der Waals surface area contributed by atoms with E-state index in [1.165, 1.54) is 0 Å². The second-order valence-electron chi connectivity index (χ2n) is 5.98. The van der Waals surface area contributed by atoms with E-state index >= 15 is 0 Å². The first-order valence-corrected chi connectivity index (χ1v) is 8.28. The van der Waals surface area contributed by atoms with E-state index in [2.05, 4.69) is 10.3 Å². The lowest BCUT2D eigenvalue weighted by atomic mass is 10.1. The first kappa shape index (κ1) is 16.1. The summed E-state index contributed by atoms with van der Waals surface area (Å²) in [5.41, 5.74) is 4.72. The number of aliphatic hydroxyl groups excluding tert-OH is 1. The fraction of sp³-hybridized carbons (Fsp3) is 0.0476. The molecule has 128 valence electrons. The van der Waals surface area contributed by atoms with Gasteiger partial charge in [-0.1, -0.05) is 42.5 Å². The van der Waals surface area contributed by atoms with Gasteiger partial charge in [-0.2, -0.15) is 0 Å². The molecule has 5 heteroatoms. The SMILES string of the molecule is O=C(Nc1ccccc1)c1cn2cc(-c3ccc(CO)cc3)ccc2n1. The average Bonchev–Trinajstić information content (AvgIpc) is 3.12. The van der Waals surface area contributed by atoms with Gasteiger partial charge in [-0.15, -0.1) is 0 Å². The summed E-state index contributed by atoms with van der Waals surface area (Å²) in [6, 6.07) is 20.9. The summed E-state index contributed by atoms with van der Waals surface area (Å²) in [5, 5.41) is 12.0. The Labute approximate surface area is 150 Å². The molecular weight excluding hydrogens is 326 g/mol. The van der Waals surface area contributed by atoms with Gasteiger partial charge in [0.2, 0.25) is 0 Å². The van der Waals surface area contributed by atoms with Crippen molar-refractivity contribution >= 4 is 17.2 Å². The van der Waals surface area contributed by atoms with Crippen LogP contribution in [0.25, 0.3) is 16.8 Å². The average molecular weight is 343 g/mol. The van der Waals surface area contributed by atoms with Crippen molar-refractivity contribution in [3.05, 3.63) is 90.4 Å². The topological polar surface area (TPSA) is 66.6 Å². The van der Waals surface area contributed by atoms with Crippen LogP contribution in [0, 0.1) is 0 Å². The van der Waals surface area contributed by atoms with E-state index < -0.39 is 0 Å². The molecule has 0 aliphatic heterocycles. The highest BCUT2D eigenvalue weighted by atomic mass is 16.3. The third-order valence-corrected chi connectivity index (χ3v) is 4.19. The Morgan fingerprint density at radius 3 is 2.38 bits per heavy atom. The number of anilines is 1. The lowest BCUT2D eigenvalue weighted by Gasteiger charge is -2.04. The van der Waals surface area contributed by atoms with Crippen LogP contribution in [0.1, 0.15) is 16.1 Å². The van der Waals surface area contributed by atoms with Gasteiger partial charge in [0.25, 0.3) is 5.91 Å². The molecule has 2 heterocycles. The molecule has 0 aliphatic carbocycles. The van der Waals surface area contributed by atoms with Gasteiger partial charge in [0.05, 0.1) is 6.61 Å². The molecule has 0 unspecified atom stereocenters. The lowest BCUT2D eigenvalue weighted by molar-refractivity contribution is 0.102. The fourth-order valence-corrected chi connectivity index (χ4v) is 2.79. The zero-order valence-electron chi connectivity index (χ0n) is 14.0. The van der Waals surface area contributed by atoms with Crippen LogP contribution in [0.4, 0.5) is 5.69 Å². The van der Waals surface area contributed by atoms with Gasteiger partial charge in [-0.25, -0.2) is 4.98 Å². The largest absolute Gasteiger partial charge is 0.392 e. The molecule has 5 nitrogen and oxygen atoms in total. The van der Waals surface area contributed by atoms with E-state index in [0.717, 1.165) is 22.4 Å². The highest BCUT2D eigenvalue weighted by Gasteiger charge is 2.11. The summed E-state index contributed by atoms with van der Waals surface area (Å²) >= 11 is 0. The van der Waals surface area contributed by atoms with Crippen molar-refractivity contribution in [2.45, 2.75) is 6.61 Å². The molecule has 2 aromatic heterocycles. The number of pyridine rings is 1. The molecule has 0 aliphatic rings. The van der Waals surface area contributed by atoms with Crippen molar-refractivity contribution in [3.8, 4) is 11.1 Å². The number of imidazole rings is 1. The van der Waals surface area contributed by atoms with Crippen molar-refractivity contribution in [1.29, 1.82) is 0 Å². The lowest BCUT2D eigenvalue weighted by Crippen LogP contribution is -2.11. The van der Waals surface area contributed by atoms with Gasteiger partial charge in [-0.05, 0) is 41.0 Å². The van der Waals surface area contributed by atoms with E-state index in [0.29, 0.717) is 11.3 Å². The van der Waals surface area contributed by atoms with Gasteiger partial charge in [-0.3, -0.25) is 4.79 Å². The molecule has 0 bridgehead atoms. The Morgan fingerprint density at radius 2 is 1.65 bits per heavy atom. The molecule has 0 atom stereocenters. The van der Waals surface area contributed by atoms with Crippen LogP contribution in [-0.2, 0) is 6.61 Å². The summed E-state index contributed by atoms with van der Waals surface area (Å²) in [4.78, 5) is 16.8. The molecule has 26 heavy (non-hydrogen) atoms. The van der Waals surface area contributed by atoms with Crippen molar-refractivity contribution in [3.63, 3.8) is 0 Å². The van der Waals surface area contributed by atoms with E-state index in [9.17, 15) is 4.79 Å². The Kier molecular flexibility index (Phi) is 4.21. The molecule has 0 saturated heterocycles. The number of rotatable bonds is 4. The van der Waals surface area contributed by atoms with Crippen LogP contribution in [-0.4, -0.2) is 20.4 Å². The summed E-state index contributed by atoms with van der Waals surface area (Å²) < 4.78 is 1.84. The highest BCUT2D eigenvalue weighted by Crippen LogP contribution is 2.21. The zero-order valence-corrected chi connectivity index (χ0v) is 14.0. The number of hydrogen-bond donors (Lipinski definition) is 2. The Hall–Kier alpha value is -3.44. The number of benzene rings is 2. The minimum atomic E-state index is -0.242. The second-order valence-corrected chi connectivity index (χ2v) is 5.98. The standard InChI is InChI=1S/C21H17N3O2/c25-14-15-6-8-16(9-7-15)17-10-11-20-23-19(13-24(20)12-17)21(26)22-18-4-2-1-3-5-18/h1-13,25H,14H2,(H,22,26). The smallest absolute Gasteiger partial charge is 0.275 e. The molecule has 4 aromatic rings. The van der Waals surface area contributed by atoms with E-state index in [4.69, 9.17) is 5.11 Å². The molecule has 2 aromatic carbocycles. The molecule has 0 spiro atoms. The normalized spacial score (nSPS) is 10.8. The predicted molar refractivity (Wildman–Crippen MR) is 101 cm³/mol. The molecule has 0 radical (unpaired) electrons. The van der Waals surface area contributed by atoms with Gasteiger partial charge in [0.15, 0.2) is 0 Å². The maximum absolute atomic E-state index is 12.4. The maximum atomic E-state index is 12.4. The van der Waals surface area contributed by atoms with Crippen LogP contribution in [0.2, 0.25) is 0 Å². The van der Waals surface area contributed by atoms with E-state index in [1.807, 2.05) is 77.3 Å². The van der Waals surface area contributed by atoms with Gasteiger partial charge in [0, 0.05) is 18.1 Å². The number of aromatic nitrogens is 2. The fourth-order valence-electron chi connectivity index (χ4n) is 2.79. The number of carbonyl (C=O) groups excluding carboxylic acids is 1. The molecule has 4 rings (SSSR count). The number of carbonyl (C=O) groups is 1. The molecule has 1 amide bonds. The van der Waals surface area contributed by atoms with Crippen molar-refractivity contribution in [1.82, 2.24) is 9.38 Å². The molecule has 0 saturated carbocycles. The maximum Gasteiger partial charge on any atom is 0.275 e. The van der Waals surface area contributed by atoms with E-state index in [1.54, 1.807) is 6.20 Å². The minimum absolute atomic E-state index is 0.0285. The molecular formula is C21H17N3O2. The number of hydrogen-bond acceptors (Lipinski definition) is 3. The Bertz CT molecular complexity index is 1050. The number of amides is 1. The minimum Gasteiger partial charge on any atom is -0.392 e. The second kappa shape index (κ2) is 6.82.